The van der Waals surface area contributed by atoms with Gasteiger partial charge in [0, 0.05) is 3.92 Å². The molecule has 68 valence electrons. The molecule has 0 bridgehead atoms. The third-order valence-corrected chi connectivity index (χ3v) is 3.14. The molecule has 0 spiro atoms. The number of aliphatic hydroxyl groups excluding tert-OH is 2. The molecule has 0 radical (unpaired) electrons. The van der Waals surface area contributed by atoms with Crippen molar-refractivity contribution in [2.24, 2.45) is 0 Å². The van der Waals surface area contributed by atoms with Gasteiger partial charge >= 0.3 is 0 Å². The first-order chi connectivity index (χ1) is 5.22. The lowest BCUT2D eigenvalue weighted by Gasteiger charge is -2.13. The van der Waals surface area contributed by atoms with Gasteiger partial charge in [-0.2, -0.15) is 0 Å². The first-order valence-corrected chi connectivity index (χ1v) is 5.40. The van der Waals surface area contributed by atoms with Gasteiger partial charge < -0.3 is 10.2 Å². The molecule has 0 saturated carbocycles. The van der Waals surface area contributed by atoms with Crippen molar-refractivity contribution in [3.8, 4) is 0 Å². The monoisotopic (exact) mass is 272 g/mol. The molecule has 0 aromatic rings. The van der Waals surface area contributed by atoms with Crippen LogP contribution in [0.4, 0.5) is 0 Å². The number of alkyl halides is 1. The van der Waals surface area contributed by atoms with E-state index >= 15 is 0 Å². The number of aliphatic hydroxyl groups is 2. The van der Waals surface area contributed by atoms with Crippen LogP contribution in [0.25, 0.3) is 0 Å². The Morgan fingerprint density at radius 3 is 2.45 bits per heavy atom. The van der Waals surface area contributed by atoms with Crippen LogP contribution in [-0.2, 0) is 0 Å². The van der Waals surface area contributed by atoms with Crippen molar-refractivity contribution in [1.82, 2.24) is 0 Å². The Labute approximate surface area is 82.1 Å². The maximum Gasteiger partial charge on any atom is 0.0888 e. The lowest BCUT2D eigenvalue weighted by atomic mass is 10.1. The van der Waals surface area contributed by atoms with Gasteiger partial charge in [-0.15, -0.1) is 0 Å². The highest BCUT2D eigenvalue weighted by Crippen LogP contribution is 2.15. The van der Waals surface area contributed by atoms with Crippen LogP contribution in [0.1, 0.15) is 32.6 Å². The number of hydrogen-bond donors (Lipinski definition) is 2. The van der Waals surface area contributed by atoms with Crippen LogP contribution >= 0.6 is 22.6 Å². The Morgan fingerprint density at radius 1 is 1.36 bits per heavy atom. The quantitative estimate of drug-likeness (QED) is 0.439. The zero-order chi connectivity index (χ0) is 8.69. The smallest absolute Gasteiger partial charge is 0.0888 e. The predicted octanol–water partition coefficient (Wildman–Crippen LogP) is 1.72. The second kappa shape index (κ2) is 7.31. The summed E-state index contributed by atoms with van der Waals surface area (Å²) >= 11 is 2.20. The lowest BCUT2D eigenvalue weighted by molar-refractivity contribution is 0.0943. The fraction of sp³-hybridized carbons (Fsp3) is 1.00. The highest BCUT2D eigenvalue weighted by molar-refractivity contribution is 14.1. The van der Waals surface area contributed by atoms with Gasteiger partial charge in [0.25, 0.3) is 0 Å². The molecule has 2 atom stereocenters. The van der Waals surface area contributed by atoms with Crippen molar-refractivity contribution >= 4 is 22.6 Å². The second-order valence-electron chi connectivity index (χ2n) is 2.76. The third-order valence-electron chi connectivity index (χ3n) is 1.69. The van der Waals surface area contributed by atoms with Crippen molar-refractivity contribution in [1.29, 1.82) is 0 Å². The summed E-state index contributed by atoms with van der Waals surface area (Å²) in [6, 6.07) is 0. The summed E-state index contributed by atoms with van der Waals surface area (Å²) < 4.78 is 0.212. The molecular weight excluding hydrogens is 255 g/mol. The van der Waals surface area contributed by atoms with Crippen LogP contribution in [0.3, 0.4) is 0 Å². The molecule has 0 amide bonds. The van der Waals surface area contributed by atoms with E-state index in [2.05, 4.69) is 29.5 Å². The summed E-state index contributed by atoms with van der Waals surface area (Å²) in [5.74, 6) is 0. The largest absolute Gasteiger partial charge is 0.394 e. The molecule has 0 aliphatic rings. The van der Waals surface area contributed by atoms with E-state index < -0.39 is 6.10 Å². The standard InChI is InChI=1S/C8H17IO2/c1-2-3-4-5-7(9)8(11)6-10/h7-8,10-11H,2-6H2,1H3/t7-,8-/m1/s1. The van der Waals surface area contributed by atoms with E-state index in [1.165, 1.54) is 12.8 Å². The van der Waals surface area contributed by atoms with Crippen molar-refractivity contribution < 1.29 is 10.2 Å². The zero-order valence-electron chi connectivity index (χ0n) is 6.96. The molecule has 0 heterocycles. The summed E-state index contributed by atoms with van der Waals surface area (Å²) in [7, 11) is 0. The van der Waals surface area contributed by atoms with E-state index in [-0.39, 0.29) is 10.5 Å². The van der Waals surface area contributed by atoms with Gasteiger partial charge in [-0.3, -0.25) is 0 Å². The van der Waals surface area contributed by atoms with Gasteiger partial charge in [0.1, 0.15) is 0 Å². The average molecular weight is 272 g/mol. The molecule has 0 rings (SSSR count). The third kappa shape index (κ3) is 5.87. The van der Waals surface area contributed by atoms with Crippen LogP contribution in [0.2, 0.25) is 0 Å². The summed E-state index contributed by atoms with van der Waals surface area (Å²) in [5, 5.41) is 17.8. The molecule has 0 aromatic heterocycles. The Morgan fingerprint density at radius 2 is 2.00 bits per heavy atom. The van der Waals surface area contributed by atoms with Gasteiger partial charge in [0.15, 0.2) is 0 Å². The van der Waals surface area contributed by atoms with E-state index in [0.29, 0.717) is 0 Å². The number of rotatable bonds is 6. The molecule has 0 unspecified atom stereocenters. The summed E-state index contributed by atoms with van der Waals surface area (Å²) in [6.45, 7) is 2.05. The van der Waals surface area contributed by atoms with Crippen LogP contribution in [-0.4, -0.2) is 26.8 Å². The average Bonchev–Trinajstić information content (AvgIpc) is 2.03. The molecule has 2 N–H and O–H groups in total. The Hall–Kier alpha value is 0.650. The van der Waals surface area contributed by atoms with Gasteiger partial charge in [-0.1, -0.05) is 48.8 Å². The Kier molecular flexibility index (Phi) is 7.74. The van der Waals surface area contributed by atoms with E-state index in [9.17, 15) is 0 Å². The van der Waals surface area contributed by atoms with Crippen LogP contribution in [0.15, 0.2) is 0 Å². The number of hydrogen-bond acceptors (Lipinski definition) is 2. The van der Waals surface area contributed by atoms with Gasteiger partial charge in [0.2, 0.25) is 0 Å². The van der Waals surface area contributed by atoms with Gasteiger partial charge in [-0.25, -0.2) is 0 Å². The minimum Gasteiger partial charge on any atom is -0.394 e. The minimum absolute atomic E-state index is 0.111. The highest BCUT2D eigenvalue weighted by Gasteiger charge is 2.13. The molecule has 11 heavy (non-hydrogen) atoms. The maximum absolute atomic E-state index is 9.17. The minimum atomic E-state index is -0.535. The molecule has 0 aliphatic carbocycles. The molecule has 0 fully saturated rings. The number of unbranched alkanes of at least 4 members (excludes halogenated alkanes) is 2. The normalized spacial score (nSPS) is 16.4. The molecule has 3 heteroatoms. The topological polar surface area (TPSA) is 40.5 Å². The van der Waals surface area contributed by atoms with Crippen LogP contribution in [0.5, 0.6) is 0 Å². The van der Waals surface area contributed by atoms with Crippen molar-refractivity contribution in [2.45, 2.75) is 42.6 Å². The first-order valence-electron chi connectivity index (χ1n) is 4.15. The molecule has 0 saturated heterocycles. The van der Waals surface area contributed by atoms with Gasteiger partial charge in [-0.05, 0) is 6.42 Å². The van der Waals surface area contributed by atoms with Crippen molar-refractivity contribution in [3.63, 3.8) is 0 Å². The maximum atomic E-state index is 9.17. The Balaban J connectivity index is 3.28. The predicted molar refractivity (Wildman–Crippen MR) is 55.0 cm³/mol. The van der Waals surface area contributed by atoms with Crippen molar-refractivity contribution in [2.75, 3.05) is 6.61 Å². The molecule has 0 aromatic carbocycles. The Bertz CT molecular complexity index is 88.2. The summed E-state index contributed by atoms with van der Waals surface area (Å²) in [6.07, 6.45) is 4.06. The fourth-order valence-electron chi connectivity index (χ4n) is 0.896. The van der Waals surface area contributed by atoms with E-state index in [0.717, 1.165) is 12.8 Å². The van der Waals surface area contributed by atoms with Crippen LogP contribution in [0, 0.1) is 0 Å². The van der Waals surface area contributed by atoms with E-state index in [1.807, 2.05) is 0 Å². The lowest BCUT2D eigenvalue weighted by Crippen LogP contribution is -2.23. The summed E-state index contributed by atoms with van der Waals surface area (Å²) in [5.41, 5.74) is 0. The van der Waals surface area contributed by atoms with Crippen LogP contribution < -0.4 is 0 Å². The number of halogens is 1. The van der Waals surface area contributed by atoms with E-state index in [1.54, 1.807) is 0 Å². The SMILES string of the molecule is CCCCC[C@@H](I)[C@H](O)CO. The summed E-state index contributed by atoms with van der Waals surface area (Å²) in [4.78, 5) is 0. The molecule has 2 nitrogen and oxygen atoms in total. The second-order valence-corrected chi connectivity index (χ2v) is 4.36. The van der Waals surface area contributed by atoms with Crippen molar-refractivity contribution in [3.05, 3.63) is 0 Å². The fourth-order valence-corrected chi connectivity index (χ4v) is 1.56. The van der Waals surface area contributed by atoms with Gasteiger partial charge in [0.05, 0.1) is 12.7 Å². The zero-order valence-corrected chi connectivity index (χ0v) is 9.12. The molecule has 0 aliphatic heterocycles. The first kappa shape index (κ1) is 11.6. The van der Waals surface area contributed by atoms with E-state index in [4.69, 9.17) is 10.2 Å². The molecular formula is C8H17IO2. The highest BCUT2D eigenvalue weighted by atomic mass is 127.